The van der Waals surface area contributed by atoms with Gasteiger partial charge in [0.05, 0.1) is 0 Å². The molecule has 0 unspecified atom stereocenters. The van der Waals surface area contributed by atoms with Crippen LogP contribution in [-0.2, 0) is 19.3 Å². The smallest absolute Gasteiger partial charge is 0.374 e. The largest absolute Gasteiger partial charge is 0.505 e. The highest BCUT2D eigenvalue weighted by atomic mass is 79.9. The second kappa shape index (κ2) is 8.07. The fourth-order valence-electron chi connectivity index (χ4n) is 1.81. The molecule has 102 valence electrons. The van der Waals surface area contributed by atoms with E-state index in [2.05, 4.69) is 22.0 Å². The Labute approximate surface area is 119 Å². The van der Waals surface area contributed by atoms with Gasteiger partial charge in [0, 0.05) is 30.3 Å². The predicted octanol–water partition coefficient (Wildman–Crippen LogP) is 3.58. The van der Waals surface area contributed by atoms with Crippen molar-refractivity contribution in [2.75, 3.05) is 19.8 Å². The summed E-state index contributed by atoms with van der Waals surface area (Å²) in [6, 6.07) is 8.81. The van der Waals surface area contributed by atoms with Gasteiger partial charge >= 0.3 is 8.80 Å². The Morgan fingerprint density at radius 2 is 1.44 bits per heavy atom. The van der Waals surface area contributed by atoms with Crippen molar-refractivity contribution >= 4 is 24.7 Å². The van der Waals surface area contributed by atoms with E-state index in [1.165, 1.54) is 5.56 Å². The average Bonchev–Trinajstić information content (AvgIpc) is 2.33. The van der Waals surface area contributed by atoms with Crippen LogP contribution in [0, 0.1) is 0 Å². The number of benzene rings is 1. The van der Waals surface area contributed by atoms with E-state index >= 15 is 0 Å². The second-order valence-corrected chi connectivity index (χ2v) is 7.19. The van der Waals surface area contributed by atoms with E-state index in [0.717, 1.165) is 4.47 Å². The third-order valence-corrected chi connectivity index (χ3v) is 6.23. The van der Waals surface area contributed by atoms with Gasteiger partial charge in [-0.2, -0.15) is 0 Å². The van der Waals surface area contributed by atoms with Gasteiger partial charge in [0.2, 0.25) is 0 Å². The standard InChI is InChI=1S/C13H21BrO3Si/c1-4-15-18(16-5-2,17-6-3)11-12-9-7-8-10-13(12)14/h7-10H,4-6,11H2,1-3H3. The van der Waals surface area contributed by atoms with Crippen molar-refractivity contribution in [3.05, 3.63) is 34.3 Å². The molecule has 1 aromatic carbocycles. The Bertz CT molecular complexity index is 343. The first-order chi connectivity index (χ1) is 8.67. The molecule has 0 aliphatic heterocycles. The van der Waals surface area contributed by atoms with E-state index < -0.39 is 8.80 Å². The topological polar surface area (TPSA) is 27.7 Å². The van der Waals surface area contributed by atoms with Gasteiger partial charge in [-0.15, -0.1) is 0 Å². The van der Waals surface area contributed by atoms with E-state index in [1.54, 1.807) is 0 Å². The van der Waals surface area contributed by atoms with E-state index in [1.807, 2.05) is 39.0 Å². The maximum Gasteiger partial charge on any atom is 0.505 e. The molecule has 0 aromatic heterocycles. The Morgan fingerprint density at radius 1 is 0.944 bits per heavy atom. The summed E-state index contributed by atoms with van der Waals surface area (Å²) in [7, 11) is -2.60. The van der Waals surface area contributed by atoms with Gasteiger partial charge < -0.3 is 13.3 Å². The molecule has 3 nitrogen and oxygen atoms in total. The molecule has 0 saturated heterocycles. The molecule has 0 spiro atoms. The summed E-state index contributed by atoms with van der Waals surface area (Å²) in [5.74, 6) is 0. The van der Waals surface area contributed by atoms with Crippen LogP contribution in [-0.4, -0.2) is 28.6 Å². The Hall–Kier alpha value is -0.203. The van der Waals surface area contributed by atoms with Crippen LogP contribution >= 0.6 is 15.9 Å². The molecule has 0 atom stereocenters. The molecule has 1 rings (SSSR count). The zero-order valence-corrected chi connectivity index (χ0v) is 13.8. The van der Waals surface area contributed by atoms with Crippen molar-refractivity contribution in [1.82, 2.24) is 0 Å². The molecule has 0 N–H and O–H groups in total. The molecule has 0 fully saturated rings. The van der Waals surface area contributed by atoms with E-state index in [-0.39, 0.29) is 0 Å². The molecular weight excluding hydrogens is 312 g/mol. The van der Waals surface area contributed by atoms with E-state index in [4.69, 9.17) is 13.3 Å². The molecule has 0 aliphatic carbocycles. The lowest BCUT2D eigenvalue weighted by Crippen LogP contribution is -2.48. The van der Waals surface area contributed by atoms with Crippen molar-refractivity contribution in [3.63, 3.8) is 0 Å². The van der Waals surface area contributed by atoms with Crippen molar-refractivity contribution in [2.45, 2.75) is 26.8 Å². The molecule has 5 heteroatoms. The molecule has 0 aliphatic rings. The van der Waals surface area contributed by atoms with Crippen LogP contribution in [0.2, 0.25) is 0 Å². The monoisotopic (exact) mass is 332 g/mol. The van der Waals surface area contributed by atoms with Gasteiger partial charge in [0.15, 0.2) is 0 Å². The van der Waals surface area contributed by atoms with Crippen LogP contribution in [0.4, 0.5) is 0 Å². The molecule has 0 bridgehead atoms. The van der Waals surface area contributed by atoms with Crippen LogP contribution in [0.1, 0.15) is 26.3 Å². The summed E-state index contributed by atoms with van der Waals surface area (Å²) in [5, 5.41) is 0. The lowest BCUT2D eigenvalue weighted by molar-refractivity contribution is 0.0703. The van der Waals surface area contributed by atoms with Crippen LogP contribution in [0.25, 0.3) is 0 Å². The minimum absolute atomic E-state index is 0.608. The van der Waals surface area contributed by atoms with Crippen molar-refractivity contribution in [1.29, 1.82) is 0 Å². The summed E-state index contributed by atoms with van der Waals surface area (Å²) in [6.07, 6.45) is 0. The van der Waals surface area contributed by atoms with E-state index in [9.17, 15) is 0 Å². The highest BCUT2D eigenvalue weighted by Gasteiger charge is 2.41. The first-order valence-corrected chi connectivity index (χ1v) is 9.05. The van der Waals surface area contributed by atoms with Crippen molar-refractivity contribution in [3.8, 4) is 0 Å². The Kier molecular flexibility index (Phi) is 7.10. The summed E-state index contributed by atoms with van der Waals surface area (Å²) < 4.78 is 18.6. The number of hydrogen-bond acceptors (Lipinski definition) is 3. The van der Waals surface area contributed by atoms with Crippen LogP contribution in [0.3, 0.4) is 0 Å². The molecule has 0 heterocycles. The lowest BCUT2D eigenvalue weighted by Gasteiger charge is -2.28. The highest BCUT2D eigenvalue weighted by Crippen LogP contribution is 2.23. The van der Waals surface area contributed by atoms with Gasteiger partial charge in [-0.05, 0) is 32.4 Å². The first kappa shape index (κ1) is 15.9. The maximum atomic E-state index is 5.84. The third-order valence-electron chi connectivity index (χ3n) is 2.46. The fraction of sp³-hybridized carbons (Fsp3) is 0.538. The first-order valence-electron chi connectivity index (χ1n) is 6.32. The van der Waals surface area contributed by atoms with E-state index in [0.29, 0.717) is 25.9 Å². The summed E-state index contributed by atoms with van der Waals surface area (Å²) in [4.78, 5) is 0. The zero-order valence-electron chi connectivity index (χ0n) is 11.2. The average molecular weight is 333 g/mol. The SMILES string of the molecule is CCO[Si](Cc1ccccc1Br)(OCC)OCC. The normalized spacial score (nSPS) is 11.8. The molecule has 0 saturated carbocycles. The predicted molar refractivity (Wildman–Crippen MR) is 78.5 cm³/mol. The van der Waals surface area contributed by atoms with Gasteiger partial charge in [-0.1, -0.05) is 34.1 Å². The van der Waals surface area contributed by atoms with Crippen LogP contribution in [0.5, 0.6) is 0 Å². The maximum absolute atomic E-state index is 5.84. The van der Waals surface area contributed by atoms with Crippen LogP contribution < -0.4 is 0 Å². The van der Waals surface area contributed by atoms with Crippen LogP contribution in [0.15, 0.2) is 28.7 Å². The summed E-state index contributed by atoms with van der Waals surface area (Å²) in [5.41, 5.74) is 1.17. The van der Waals surface area contributed by atoms with Gasteiger partial charge in [0.1, 0.15) is 0 Å². The number of rotatable bonds is 8. The fourth-order valence-corrected chi connectivity index (χ4v) is 5.15. The highest BCUT2D eigenvalue weighted by molar-refractivity contribution is 9.10. The number of hydrogen-bond donors (Lipinski definition) is 0. The second-order valence-electron chi connectivity index (χ2n) is 3.75. The molecule has 0 amide bonds. The molecule has 1 aromatic rings. The molecule has 18 heavy (non-hydrogen) atoms. The summed E-state index contributed by atoms with van der Waals surface area (Å²) >= 11 is 3.56. The summed E-state index contributed by atoms with van der Waals surface area (Å²) in [6.45, 7) is 7.74. The lowest BCUT2D eigenvalue weighted by atomic mass is 10.2. The Balaban J connectivity index is 2.91. The molecular formula is C13H21BrO3Si. The Morgan fingerprint density at radius 3 is 1.89 bits per heavy atom. The van der Waals surface area contributed by atoms with Gasteiger partial charge in [-0.25, -0.2) is 0 Å². The molecule has 0 radical (unpaired) electrons. The van der Waals surface area contributed by atoms with Crippen molar-refractivity contribution < 1.29 is 13.3 Å². The van der Waals surface area contributed by atoms with Gasteiger partial charge in [-0.3, -0.25) is 0 Å². The third kappa shape index (κ3) is 4.48. The number of halogens is 1. The zero-order chi connectivity index (χ0) is 13.4. The minimum Gasteiger partial charge on any atom is -0.374 e. The van der Waals surface area contributed by atoms with Gasteiger partial charge in [0.25, 0.3) is 0 Å². The minimum atomic E-state index is -2.60. The van der Waals surface area contributed by atoms with Crippen molar-refractivity contribution in [2.24, 2.45) is 0 Å². The quantitative estimate of drug-likeness (QED) is 0.681.